The van der Waals surface area contributed by atoms with E-state index in [4.69, 9.17) is 10.2 Å². The molecule has 19 heavy (non-hydrogen) atoms. The number of aliphatic hydroxyl groups excluding tert-OH is 2. The normalized spacial score (nSPS) is 8.00. The molecule has 3 nitrogen and oxygen atoms in total. The summed E-state index contributed by atoms with van der Waals surface area (Å²) in [4.78, 5) is 0. The number of hydrogen-bond donors (Lipinski definition) is 2. The quantitative estimate of drug-likeness (QED) is 0.526. The van der Waals surface area contributed by atoms with Gasteiger partial charge in [-0.3, -0.25) is 0 Å². The van der Waals surface area contributed by atoms with Gasteiger partial charge in [-0.05, 0) is 0 Å². The van der Waals surface area contributed by atoms with Crippen molar-refractivity contribution in [2.75, 3.05) is 14.2 Å². The van der Waals surface area contributed by atoms with E-state index in [0.29, 0.717) is 0 Å². The molecule has 0 saturated heterocycles. The SMILES string of the molecule is CO.CO.[CH2-]c1ccccc1-c1cccc[n+]1[CH2-].[Ir]. The second-order valence-electron chi connectivity index (χ2n) is 3.21. The van der Waals surface area contributed by atoms with Gasteiger partial charge < -0.3 is 14.8 Å². The third kappa shape index (κ3) is 5.90. The second-order valence-corrected chi connectivity index (χ2v) is 3.21. The van der Waals surface area contributed by atoms with Crippen LogP contribution in [0, 0.1) is 14.0 Å². The van der Waals surface area contributed by atoms with Gasteiger partial charge in [0, 0.05) is 41.4 Å². The molecule has 1 aromatic carbocycles. The molecule has 0 aliphatic heterocycles. The van der Waals surface area contributed by atoms with Gasteiger partial charge in [0.2, 0.25) is 0 Å². The van der Waals surface area contributed by atoms with Gasteiger partial charge in [0.05, 0.1) is 11.9 Å². The predicted octanol–water partition coefficient (Wildman–Crippen LogP) is 1.68. The van der Waals surface area contributed by atoms with Crippen molar-refractivity contribution in [2.45, 2.75) is 0 Å². The number of aliphatic hydroxyl groups is 2. The van der Waals surface area contributed by atoms with Crippen LogP contribution in [0.25, 0.3) is 11.3 Å². The minimum atomic E-state index is 0. The van der Waals surface area contributed by atoms with Crippen molar-refractivity contribution in [3.63, 3.8) is 0 Å². The first kappa shape index (κ1) is 20.0. The molecule has 0 bridgehead atoms. The fourth-order valence-corrected chi connectivity index (χ4v) is 1.49. The molecule has 1 aromatic heterocycles. The molecule has 2 aromatic rings. The van der Waals surface area contributed by atoms with Crippen LogP contribution in [0.5, 0.6) is 0 Å². The molecule has 1 radical (unpaired) electrons. The molecule has 0 aliphatic rings. The van der Waals surface area contributed by atoms with E-state index in [1.807, 2.05) is 47.2 Å². The Morgan fingerprint density at radius 3 is 1.95 bits per heavy atom. The summed E-state index contributed by atoms with van der Waals surface area (Å²) in [6.07, 6.45) is 1.93. The van der Waals surface area contributed by atoms with E-state index >= 15 is 0 Å². The minimum Gasteiger partial charge on any atom is -0.400 e. The van der Waals surface area contributed by atoms with E-state index in [1.165, 1.54) is 0 Å². The molecule has 2 N–H and O–H groups in total. The van der Waals surface area contributed by atoms with Crippen LogP contribution in [0.15, 0.2) is 48.7 Å². The number of hydrogen-bond acceptors (Lipinski definition) is 2. The van der Waals surface area contributed by atoms with Crippen molar-refractivity contribution < 1.29 is 34.9 Å². The summed E-state index contributed by atoms with van der Waals surface area (Å²) in [5.41, 5.74) is 3.23. The molecule has 0 amide bonds. The number of benzene rings is 1. The van der Waals surface area contributed by atoms with Crippen LogP contribution in [-0.4, -0.2) is 24.4 Å². The zero-order valence-electron chi connectivity index (χ0n) is 11.2. The summed E-state index contributed by atoms with van der Waals surface area (Å²) in [6, 6.07) is 14.1. The van der Waals surface area contributed by atoms with Crippen molar-refractivity contribution >= 4 is 0 Å². The third-order valence-corrected chi connectivity index (χ3v) is 2.23. The van der Waals surface area contributed by atoms with E-state index in [9.17, 15) is 0 Å². The zero-order valence-corrected chi connectivity index (χ0v) is 13.6. The van der Waals surface area contributed by atoms with Gasteiger partial charge in [0.1, 0.15) is 0 Å². The first-order chi connectivity index (χ1) is 8.79. The molecule has 0 saturated carbocycles. The molecule has 1 heterocycles. The van der Waals surface area contributed by atoms with Gasteiger partial charge in [-0.15, -0.1) is 17.7 Å². The monoisotopic (exact) mass is 439 g/mol. The Labute approximate surface area is 128 Å². The van der Waals surface area contributed by atoms with Crippen LogP contribution >= 0.6 is 0 Å². The summed E-state index contributed by atoms with van der Waals surface area (Å²) in [7, 11) is 5.93. The van der Waals surface area contributed by atoms with Crippen molar-refractivity contribution in [2.24, 2.45) is 0 Å². The first-order valence-electron chi connectivity index (χ1n) is 5.41. The van der Waals surface area contributed by atoms with E-state index in [-0.39, 0.29) is 20.1 Å². The van der Waals surface area contributed by atoms with Gasteiger partial charge in [-0.1, -0.05) is 24.3 Å². The van der Waals surface area contributed by atoms with Gasteiger partial charge in [0.15, 0.2) is 0 Å². The standard InChI is InChI=1S/C13H12N.2CH4O.Ir/c1-11-7-3-4-8-12(11)13-9-5-6-10-14(13)2;2*1-2;/h3-10H,1-2H2;2*2H,1H3;/q-1;;;. The third-order valence-electron chi connectivity index (χ3n) is 2.23. The van der Waals surface area contributed by atoms with Crippen LogP contribution in [0.3, 0.4) is 0 Å². The maximum atomic E-state index is 7.00. The summed E-state index contributed by atoms with van der Waals surface area (Å²) in [5, 5.41) is 14.0. The van der Waals surface area contributed by atoms with E-state index in [0.717, 1.165) is 31.0 Å². The van der Waals surface area contributed by atoms with E-state index < -0.39 is 0 Å². The maximum absolute atomic E-state index is 7.00. The fourth-order valence-electron chi connectivity index (χ4n) is 1.49. The molecule has 0 fully saturated rings. The molecule has 4 heteroatoms. The van der Waals surface area contributed by atoms with Gasteiger partial charge in [-0.25, -0.2) is 0 Å². The summed E-state index contributed by atoms with van der Waals surface area (Å²) in [6.45, 7) is 4.00. The van der Waals surface area contributed by atoms with Crippen LogP contribution in [-0.2, 0) is 20.1 Å². The molecule has 107 valence electrons. The predicted molar refractivity (Wildman–Crippen MR) is 73.6 cm³/mol. The Hall–Kier alpha value is -1.32. The summed E-state index contributed by atoms with van der Waals surface area (Å²) < 4.78 is 1.85. The Morgan fingerprint density at radius 1 is 0.895 bits per heavy atom. The van der Waals surface area contributed by atoms with Crippen molar-refractivity contribution in [3.8, 4) is 11.3 Å². The van der Waals surface area contributed by atoms with Crippen LogP contribution in [0.2, 0.25) is 0 Å². The molecular weight excluding hydrogens is 418 g/mol. The van der Waals surface area contributed by atoms with Crippen LogP contribution < -0.4 is 4.57 Å². The van der Waals surface area contributed by atoms with Crippen LogP contribution in [0.1, 0.15) is 5.56 Å². The molecule has 0 aliphatic carbocycles. The molecule has 2 rings (SSSR count). The van der Waals surface area contributed by atoms with Gasteiger partial charge in [-0.2, -0.15) is 18.6 Å². The second kappa shape index (κ2) is 11.8. The zero-order chi connectivity index (χ0) is 14.0. The maximum Gasteiger partial charge on any atom is 0.0686 e. The fraction of sp³-hybridized carbons (Fsp3) is 0.133. The largest absolute Gasteiger partial charge is 0.400 e. The van der Waals surface area contributed by atoms with E-state index in [2.05, 4.69) is 20.0 Å². The van der Waals surface area contributed by atoms with Gasteiger partial charge in [0.25, 0.3) is 0 Å². The number of pyridine rings is 1. The summed E-state index contributed by atoms with van der Waals surface area (Å²) in [5.74, 6) is 0. The molecule has 0 atom stereocenters. The smallest absolute Gasteiger partial charge is 0.0686 e. The first-order valence-corrected chi connectivity index (χ1v) is 5.41. The number of rotatable bonds is 1. The topological polar surface area (TPSA) is 44.3 Å². The van der Waals surface area contributed by atoms with E-state index in [1.54, 1.807) is 0 Å². The van der Waals surface area contributed by atoms with Crippen molar-refractivity contribution in [3.05, 3.63) is 68.2 Å². The molecular formula is C15H20IrNO2-. The summed E-state index contributed by atoms with van der Waals surface area (Å²) >= 11 is 0. The van der Waals surface area contributed by atoms with Gasteiger partial charge >= 0.3 is 0 Å². The Balaban J connectivity index is 0. The minimum absolute atomic E-state index is 0. The molecule has 0 spiro atoms. The average molecular weight is 439 g/mol. The Kier molecular flexibility index (Phi) is 12.4. The molecule has 0 unspecified atom stereocenters. The number of nitrogens with zero attached hydrogens (tertiary/aromatic N) is 1. The Bertz CT molecular complexity index is 418. The van der Waals surface area contributed by atoms with Crippen molar-refractivity contribution in [1.82, 2.24) is 0 Å². The van der Waals surface area contributed by atoms with Crippen LogP contribution in [0.4, 0.5) is 0 Å². The Morgan fingerprint density at radius 2 is 1.42 bits per heavy atom. The van der Waals surface area contributed by atoms with Crippen molar-refractivity contribution in [1.29, 1.82) is 0 Å². The average Bonchev–Trinajstić information content (AvgIpc) is 2.45. The number of aromatic nitrogens is 1.